The van der Waals surface area contributed by atoms with Gasteiger partial charge in [-0.2, -0.15) is 4.37 Å². The van der Waals surface area contributed by atoms with Gasteiger partial charge < -0.3 is 5.32 Å². The van der Waals surface area contributed by atoms with E-state index in [0.29, 0.717) is 5.82 Å². The van der Waals surface area contributed by atoms with Crippen LogP contribution in [0.4, 0.5) is 5.13 Å². The van der Waals surface area contributed by atoms with Gasteiger partial charge in [0, 0.05) is 18.1 Å². The Morgan fingerprint density at radius 1 is 1.58 bits per heavy atom. The molecule has 1 radical (unpaired) electrons. The molecule has 0 aliphatic heterocycles. The van der Waals surface area contributed by atoms with Crippen LogP contribution in [0.15, 0.2) is 0 Å². The summed E-state index contributed by atoms with van der Waals surface area (Å²) >= 11 is 1.27. The van der Waals surface area contributed by atoms with Gasteiger partial charge in [0.2, 0.25) is 5.13 Å². The van der Waals surface area contributed by atoms with E-state index in [1.165, 1.54) is 24.4 Å². The zero-order valence-corrected chi connectivity index (χ0v) is 7.43. The molecule has 0 saturated heterocycles. The Bertz CT molecular complexity index is 259. The standard InChI is InChI=1S/C7H10N3OS/c11-4-6-9-7(12-10-6)8-3-5-1-2-5/h5H,1-4H2,(H,8,9,10). The fourth-order valence-corrected chi connectivity index (χ4v) is 1.52. The van der Waals surface area contributed by atoms with Crippen molar-refractivity contribution >= 4 is 16.7 Å². The van der Waals surface area contributed by atoms with Gasteiger partial charge in [0.1, 0.15) is 6.61 Å². The summed E-state index contributed by atoms with van der Waals surface area (Å²) in [5.74, 6) is 1.22. The largest absolute Gasteiger partial charge is 0.360 e. The van der Waals surface area contributed by atoms with Crippen LogP contribution >= 0.6 is 11.5 Å². The molecule has 5 heteroatoms. The second-order valence-corrected chi connectivity index (χ2v) is 3.74. The first kappa shape index (κ1) is 7.94. The molecule has 4 nitrogen and oxygen atoms in total. The Balaban J connectivity index is 1.84. The first-order chi connectivity index (χ1) is 5.88. The van der Waals surface area contributed by atoms with Crippen LogP contribution in [-0.2, 0) is 11.7 Å². The summed E-state index contributed by atoms with van der Waals surface area (Å²) in [4.78, 5) is 4.01. The lowest BCUT2D eigenvalue weighted by molar-refractivity contribution is 0.171. The van der Waals surface area contributed by atoms with Crippen molar-refractivity contribution in [1.29, 1.82) is 0 Å². The molecule has 0 atom stereocenters. The summed E-state index contributed by atoms with van der Waals surface area (Å²) in [6, 6.07) is 0. The van der Waals surface area contributed by atoms with E-state index >= 15 is 0 Å². The molecule has 0 spiro atoms. The number of rotatable bonds is 4. The Kier molecular flexibility index (Phi) is 2.23. The van der Waals surface area contributed by atoms with E-state index in [0.717, 1.165) is 17.6 Å². The van der Waals surface area contributed by atoms with Crippen LogP contribution in [0.5, 0.6) is 0 Å². The fraction of sp³-hybridized carbons (Fsp3) is 0.714. The van der Waals surface area contributed by atoms with Gasteiger partial charge in [-0.3, -0.25) is 0 Å². The average Bonchev–Trinajstić information content (AvgIpc) is 2.81. The van der Waals surface area contributed by atoms with Crippen molar-refractivity contribution in [3.63, 3.8) is 0 Å². The number of hydrogen-bond acceptors (Lipinski definition) is 4. The minimum absolute atomic E-state index is 0.318. The summed E-state index contributed by atoms with van der Waals surface area (Å²) in [5, 5.41) is 14.3. The highest BCUT2D eigenvalue weighted by Gasteiger charge is 2.21. The highest BCUT2D eigenvalue weighted by molar-refractivity contribution is 7.09. The molecule has 1 saturated carbocycles. The van der Waals surface area contributed by atoms with Crippen LogP contribution in [0, 0.1) is 5.92 Å². The molecular weight excluding hydrogens is 174 g/mol. The van der Waals surface area contributed by atoms with E-state index < -0.39 is 0 Å². The molecule has 1 aliphatic rings. The molecule has 1 N–H and O–H groups in total. The van der Waals surface area contributed by atoms with Crippen molar-refractivity contribution in [2.24, 2.45) is 5.92 Å². The number of nitrogens with zero attached hydrogens (tertiary/aromatic N) is 2. The lowest BCUT2D eigenvalue weighted by Gasteiger charge is -1.96. The average molecular weight is 184 g/mol. The second-order valence-electron chi connectivity index (χ2n) is 2.98. The monoisotopic (exact) mass is 184 g/mol. The molecule has 0 aromatic carbocycles. The van der Waals surface area contributed by atoms with Gasteiger partial charge in [0.25, 0.3) is 0 Å². The Morgan fingerprint density at radius 2 is 2.42 bits per heavy atom. The fourth-order valence-electron chi connectivity index (χ4n) is 0.938. The number of aromatic nitrogens is 2. The molecule has 12 heavy (non-hydrogen) atoms. The molecule has 1 aromatic heterocycles. The topological polar surface area (TPSA) is 57.7 Å². The first-order valence-corrected chi connectivity index (χ1v) is 4.80. The molecule has 1 heterocycles. The molecule has 2 rings (SSSR count). The van der Waals surface area contributed by atoms with Gasteiger partial charge in [-0.1, -0.05) is 0 Å². The van der Waals surface area contributed by atoms with Gasteiger partial charge in [0.05, 0.1) is 0 Å². The highest BCUT2D eigenvalue weighted by atomic mass is 32.1. The van der Waals surface area contributed by atoms with Crippen molar-refractivity contribution in [1.82, 2.24) is 9.36 Å². The molecule has 0 unspecified atom stereocenters. The quantitative estimate of drug-likeness (QED) is 0.767. The van der Waals surface area contributed by atoms with E-state index in [1.54, 1.807) is 0 Å². The predicted molar refractivity (Wildman–Crippen MR) is 45.5 cm³/mol. The minimum atomic E-state index is -0.318. The Labute approximate surface area is 74.8 Å². The van der Waals surface area contributed by atoms with Crippen molar-refractivity contribution in [2.75, 3.05) is 11.9 Å². The van der Waals surface area contributed by atoms with Gasteiger partial charge in [-0.15, -0.1) is 0 Å². The molecule has 0 amide bonds. The van der Waals surface area contributed by atoms with Crippen molar-refractivity contribution in [2.45, 2.75) is 19.4 Å². The van der Waals surface area contributed by atoms with Crippen LogP contribution in [0.25, 0.3) is 0 Å². The van der Waals surface area contributed by atoms with E-state index in [-0.39, 0.29) is 6.61 Å². The lowest BCUT2D eigenvalue weighted by Crippen LogP contribution is -2.02. The maximum atomic E-state index is 10.3. The Hall–Kier alpha value is -0.680. The number of nitrogens with one attached hydrogen (secondary N) is 1. The Morgan fingerprint density at radius 3 is 3.00 bits per heavy atom. The van der Waals surface area contributed by atoms with Gasteiger partial charge in [0.15, 0.2) is 5.82 Å². The van der Waals surface area contributed by atoms with Crippen LogP contribution in [0.1, 0.15) is 18.7 Å². The predicted octanol–water partition coefficient (Wildman–Crippen LogP) is 1.29. The van der Waals surface area contributed by atoms with Crippen LogP contribution in [0.2, 0.25) is 0 Å². The highest BCUT2D eigenvalue weighted by Crippen LogP contribution is 2.29. The third kappa shape index (κ3) is 1.92. The molecule has 1 aliphatic carbocycles. The molecule has 0 bridgehead atoms. The maximum Gasteiger partial charge on any atom is 0.202 e. The number of anilines is 1. The number of hydrogen-bond donors (Lipinski definition) is 1. The van der Waals surface area contributed by atoms with E-state index in [4.69, 9.17) is 0 Å². The first-order valence-electron chi connectivity index (χ1n) is 4.03. The van der Waals surface area contributed by atoms with Crippen molar-refractivity contribution in [3.8, 4) is 0 Å². The smallest absolute Gasteiger partial charge is 0.202 e. The van der Waals surface area contributed by atoms with Gasteiger partial charge in [-0.05, 0) is 18.8 Å². The summed E-state index contributed by atoms with van der Waals surface area (Å²) in [6.45, 7) is 0.662. The third-order valence-corrected chi connectivity index (χ3v) is 2.55. The normalized spacial score (nSPS) is 16.4. The summed E-state index contributed by atoms with van der Waals surface area (Å²) < 4.78 is 3.89. The van der Waals surface area contributed by atoms with Crippen LogP contribution < -0.4 is 5.32 Å². The molecular formula is C7H10N3OS. The summed E-state index contributed by atoms with van der Waals surface area (Å²) in [7, 11) is 0. The van der Waals surface area contributed by atoms with E-state index in [2.05, 4.69) is 14.7 Å². The third-order valence-electron chi connectivity index (χ3n) is 1.84. The zero-order chi connectivity index (χ0) is 8.39. The zero-order valence-electron chi connectivity index (χ0n) is 6.62. The van der Waals surface area contributed by atoms with Gasteiger partial charge >= 0.3 is 0 Å². The SMILES string of the molecule is [O]Cc1nsc(NCC2CC2)n1. The van der Waals surface area contributed by atoms with Crippen LogP contribution in [0.3, 0.4) is 0 Å². The molecule has 1 aromatic rings. The van der Waals surface area contributed by atoms with Crippen molar-refractivity contribution in [3.05, 3.63) is 5.82 Å². The molecule has 1 fully saturated rings. The van der Waals surface area contributed by atoms with E-state index in [1.807, 2.05) is 0 Å². The summed E-state index contributed by atoms with van der Waals surface area (Å²) in [5.41, 5.74) is 0. The minimum Gasteiger partial charge on any atom is -0.360 e. The second kappa shape index (κ2) is 3.37. The molecule has 65 valence electrons. The van der Waals surface area contributed by atoms with E-state index in [9.17, 15) is 5.11 Å². The summed E-state index contributed by atoms with van der Waals surface area (Å²) in [6.07, 6.45) is 2.64. The van der Waals surface area contributed by atoms with Gasteiger partial charge in [-0.25, -0.2) is 10.1 Å². The lowest BCUT2D eigenvalue weighted by atomic mass is 10.4. The van der Waals surface area contributed by atoms with Crippen molar-refractivity contribution < 1.29 is 5.11 Å². The van der Waals surface area contributed by atoms with Crippen LogP contribution in [-0.4, -0.2) is 15.9 Å². The maximum absolute atomic E-state index is 10.3.